The molecule has 0 radical (unpaired) electrons. The Morgan fingerprint density at radius 1 is 1.32 bits per heavy atom. The molecule has 9 heteroatoms. The molecule has 7 nitrogen and oxygen atoms in total. The maximum Gasteiger partial charge on any atom is 0.243 e. The number of nitrogens with two attached hydrogens (primary N) is 1. The number of sulfonamides is 1. The van der Waals surface area contributed by atoms with Gasteiger partial charge in [-0.05, 0) is 25.0 Å². The standard InChI is InChI=1S/C16H18ClN5O2S/c1-10(18)13-5-3-12(4-6-13)7-20-25(23,24)14-8-19-16-15(17)11(2)21-22(16)9-14/h3-6,8-10,20H,7,18H2,1-2H3. The maximum atomic E-state index is 12.5. The number of nitrogens with one attached hydrogen (secondary N) is 1. The molecule has 2 heterocycles. The van der Waals surface area contributed by atoms with Gasteiger partial charge in [-0.15, -0.1) is 0 Å². The van der Waals surface area contributed by atoms with Gasteiger partial charge in [-0.25, -0.2) is 22.6 Å². The molecule has 1 aromatic carbocycles. The Bertz CT molecular complexity index is 1010. The Labute approximate surface area is 150 Å². The highest BCUT2D eigenvalue weighted by atomic mass is 35.5. The Balaban J connectivity index is 1.79. The van der Waals surface area contributed by atoms with Gasteiger partial charge in [0.25, 0.3) is 0 Å². The zero-order valence-electron chi connectivity index (χ0n) is 13.8. The van der Waals surface area contributed by atoms with Crippen LogP contribution in [0, 0.1) is 6.92 Å². The van der Waals surface area contributed by atoms with Gasteiger partial charge in [0, 0.05) is 12.6 Å². The highest BCUT2D eigenvalue weighted by Crippen LogP contribution is 2.20. The summed E-state index contributed by atoms with van der Waals surface area (Å²) >= 11 is 6.06. The molecule has 3 rings (SSSR count). The lowest BCUT2D eigenvalue weighted by Crippen LogP contribution is -2.23. The molecule has 0 aliphatic carbocycles. The molecule has 1 atom stereocenters. The van der Waals surface area contributed by atoms with E-state index in [-0.39, 0.29) is 17.5 Å². The molecule has 2 aromatic heterocycles. The number of hydrogen-bond acceptors (Lipinski definition) is 5. The Kier molecular flexibility index (Phi) is 4.79. The third-order valence-electron chi connectivity index (χ3n) is 3.83. The van der Waals surface area contributed by atoms with Crippen molar-refractivity contribution in [3.63, 3.8) is 0 Å². The number of nitrogens with zero attached hydrogens (tertiary/aromatic N) is 3. The van der Waals surface area contributed by atoms with Gasteiger partial charge in [-0.1, -0.05) is 35.9 Å². The summed E-state index contributed by atoms with van der Waals surface area (Å²) in [5.74, 6) is 0. The number of rotatable bonds is 5. The average Bonchev–Trinajstić information content (AvgIpc) is 2.87. The van der Waals surface area contributed by atoms with Crippen molar-refractivity contribution in [3.05, 3.63) is 58.5 Å². The van der Waals surface area contributed by atoms with Crippen molar-refractivity contribution in [1.29, 1.82) is 0 Å². The van der Waals surface area contributed by atoms with Gasteiger partial charge < -0.3 is 5.73 Å². The Morgan fingerprint density at radius 3 is 2.64 bits per heavy atom. The summed E-state index contributed by atoms with van der Waals surface area (Å²) < 4.78 is 28.9. The van der Waals surface area contributed by atoms with E-state index in [1.165, 1.54) is 16.9 Å². The molecule has 0 fully saturated rings. The van der Waals surface area contributed by atoms with Crippen LogP contribution in [0.1, 0.15) is 29.8 Å². The van der Waals surface area contributed by atoms with E-state index in [1.807, 2.05) is 31.2 Å². The minimum atomic E-state index is -3.72. The Hall–Kier alpha value is -2.00. The molecule has 132 valence electrons. The Morgan fingerprint density at radius 2 is 2.00 bits per heavy atom. The summed E-state index contributed by atoms with van der Waals surface area (Å²) in [6.45, 7) is 3.79. The van der Waals surface area contributed by atoms with Gasteiger partial charge in [0.1, 0.15) is 9.92 Å². The van der Waals surface area contributed by atoms with Crippen molar-refractivity contribution >= 4 is 27.3 Å². The highest BCUT2D eigenvalue weighted by molar-refractivity contribution is 7.89. The van der Waals surface area contributed by atoms with Crippen molar-refractivity contribution in [2.24, 2.45) is 5.73 Å². The molecule has 0 bridgehead atoms. The SMILES string of the molecule is Cc1nn2cc(S(=O)(=O)NCc3ccc(C(C)N)cc3)cnc2c1Cl. The largest absolute Gasteiger partial charge is 0.324 e. The first-order valence-electron chi connectivity index (χ1n) is 7.62. The number of halogens is 1. The van der Waals surface area contributed by atoms with E-state index in [1.54, 1.807) is 6.92 Å². The topological polar surface area (TPSA) is 102 Å². The van der Waals surface area contributed by atoms with E-state index in [2.05, 4.69) is 14.8 Å². The molecular formula is C16H18ClN5O2S. The van der Waals surface area contributed by atoms with Crippen LogP contribution >= 0.6 is 11.6 Å². The smallest absolute Gasteiger partial charge is 0.243 e. The monoisotopic (exact) mass is 379 g/mol. The second kappa shape index (κ2) is 6.72. The molecular weight excluding hydrogens is 362 g/mol. The number of hydrogen-bond donors (Lipinski definition) is 2. The minimum Gasteiger partial charge on any atom is -0.324 e. The van der Waals surface area contributed by atoms with Gasteiger partial charge in [0.2, 0.25) is 10.0 Å². The van der Waals surface area contributed by atoms with E-state index in [4.69, 9.17) is 17.3 Å². The summed E-state index contributed by atoms with van der Waals surface area (Å²) in [7, 11) is -3.72. The van der Waals surface area contributed by atoms with E-state index < -0.39 is 10.0 Å². The number of aryl methyl sites for hydroxylation is 1. The van der Waals surface area contributed by atoms with Crippen LogP contribution in [-0.2, 0) is 16.6 Å². The van der Waals surface area contributed by atoms with Crippen LogP contribution in [-0.4, -0.2) is 23.0 Å². The molecule has 0 spiro atoms. The summed E-state index contributed by atoms with van der Waals surface area (Å²) in [4.78, 5) is 4.11. The second-order valence-electron chi connectivity index (χ2n) is 5.81. The summed E-state index contributed by atoms with van der Waals surface area (Å²) in [6.07, 6.45) is 2.66. The number of aromatic nitrogens is 3. The van der Waals surface area contributed by atoms with Crippen LogP contribution in [0.5, 0.6) is 0 Å². The van der Waals surface area contributed by atoms with Crippen LogP contribution in [0.25, 0.3) is 5.65 Å². The van der Waals surface area contributed by atoms with Crippen LogP contribution in [0.2, 0.25) is 5.02 Å². The average molecular weight is 380 g/mol. The summed E-state index contributed by atoms with van der Waals surface area (Å²) in [5.41, 5.74) is 8.64. The fourth-order valence-electron chi connectivity index (χ4n) is 2.34. The predicted octanol–water partition coefficient (Wildman–Crippen LogP) is 2.19. The summed E-state index contributed by atoms with van der Waals surface area (Å²) in [6, 6.07) is 7.40. The van der Waals surface area contributed by atoms with Gasteiger partial charge in [-0.3, -0.25) is 0 Å². The first kappa shape index (κ1) is 17.8. The lowest BCUT2D eigenvalue weighted by molar-refractivity contribution is 0.579. The van der Waals surface area contributed by atoms with Crippen molar-refractivity contribution in [2.45, 2.75) is 31.3 Å². The number of benzene rings is 1. The fourth-order valence-corrected chi connectivity index (χ4v) is 3.47. The molecule has 3 N–H and O–H groups in total. The first-order chi connectivity index (χ1) is 11.8. The third-order valence-corrected chi connectivity index (χ3v) is 5.63. The van der Waals surface area contributed by atoms with E-state index in [0.717, 1.165) is 11.1 Å². The molecule has 1 unspecified atom stereocenters. The molecule has 0 aliphatic heterocycles. The second-order valence-corrected chi connectivity index (χ2v) is 7.96. The fraction of sp³-hybridized carbons (Fsp3) is 0.250. The summed E-state index contributed by atoms with van der Waals surface area (Å²) in [5, 5.41) is 4.56. The highest BCUT2D eigenvalue weighted by Gasteiger charge is 2.17. The van der Waals surface area contributed by atoms with E-state index >= 15 is 0 Å². The van der Waals surface area contributed by atoms with Crippen LogP contribution in [0.3, 0.4) is 0 Å². The predicted molar refractivity (Wildman–Crippen MR) is 95.8 cm³/mol. The lowest BCUT2D eigenvalue weighted by Gasteiger charge is -2.09. The molecule has 25 heavy (non-hydrogen) atoms. The van der Waals surface area contributed by atoms with Gasteiger partial charge >= 0.3 is 0 Å². The minimum absolute atomic E-state index is 0.0198. The van der Waals surface area contributed by atoms with E-state index in [9.17, 15) is 8.42 Å². The molecule has 0 aliphatic rings. The van der Waals surface area contributed by atoms with Crippen LogP contribution in [0.4, 0.5) is 0 Å². The molecule has 0 saturated carbocycles. The van der Waals surface area contributed by atoms with Gasteiger partial charge in [0.15, 0.2) is 5.65 Å². The maximum absolute atomic E-state index is 12.5. The normalized spacial score (nSPS) is 13.3. The molecule has 0 saturated heterocycles. The third kappa shape index (κ3) is 3.67. The van der Waals surface area contributed by atoms with Crippen molar-refractivity contribution in [3.8, 4) is 0 Å². The van der Waals surface area contributed by atoms with Crippen molar-refractivity contribution in [1.82, 2.24) is 19.3 Å². The van der Waals surface area contributed by atoms with Gasteiger partial charge in [0.05, 0.1) is 18.1 Å². The number of fused-ring (bicyclic) bond motifs is 1. The van der Waals surface area contributed by atoms with Crippen molar-refractivity contribution in [2.75, 3.05) is 0 Å². The zero-order valence-corrected chi connectivity index (χ0v) is 15.3. The van der Waals surface area contributed by atoms with Crippen LogP contribution < -0.4 is 10.5 Å². The first-order valence-corrected chi connectivity index (χ1v) is 9.48. The zero-order chi connectivity index (χ0) is 18.2. The van der Waals surface area contributed by atoms with Crippen LogP contribution in [0.15, 0.2) is 41.6 Å². The van der Waals surface area contributed by atoms with Gasteiger partial charge in [-0.2, -0.15) is 5.10 Å². The molecule has 0 amide bonds. The molecule has 3 aromatic rings. The lowest BCUT2D eigenvalue weighted by atomic mass is 10.1. The quantitative estimate of drug-likeness (QED) is 0.707. The van der Waals surface area contributed by atoms with Crippen molar-refractivity contribution < 1.29 is 8.42 Å². The van der Waals surface area contributed by atoms with E-state index in [0.29, 0.717) is 16.4 Å².